The highest BCUT2D eigenvalue weighted by Crippen LogP contribution is 2.27. The van der Waals surface area contributed by atoms with Gasteiger partial charge in [0, 0.05) is 12.7 Å². The minimum absolute atomic E-state index is 0.0316. The van der Waals surface area contributed by atoms with Crippen LogP contribution >= 0.6 is 0 Å². The molecule has 0 aromatic carbocycles. The van der Waals surface area contributed by atoms with Crippen molar-refractivity contribution >= 4 is 11.5 Å². The molecule has 0 saturated heterocycles. The van der Waals surface area contributed by atoms with Crippen molar-refractivity contribution < 1.29 is 13.2 Å². The van der Waals surface area contributed by atoms with Crippen LogP contribution in [0.3, 0.4) is 0 Å². The van der Waals surface area contributed by atoms with Gasteiger partial charge in [0.15, 0.2) is 5.65 Å². The molecule has 11 heteroatoms. The number of fused-ring (bicyclic) bond motifs is 1. The lowest BCUT2D eigenvalue weighted by Gasteiger charge is -2.07. The number of nitrogens with zero attached hydrogens (tertiary/aromatic N) is 7. The fourth-order valence-electron chi connectivity index (χ4n) is 1.71. The molecule has 3 rings (SSSR count). The number of aromatic nitrogens is 7. The second-order valence-corrected chi connectivity index (χ2v) is 4.10. The van der Waals surface area contributed by atoms with Gasteiger partial charge in [-0.2, -0.15) is 17.7 Å². The first-order valence-electron chi connectivity index (χ1n) is 5.92. The van der Waals surface area contributed by atoms with Gasteiger partial charge >= 0.3 is 6.18 Å². The Bertz CT molecular complexity index is 732. The molecule has 0 saturated carbocycles. The van der Waals surface area contributed by atoms with Gasteiger partial charge in [0.2, 0.25) is 0 Å². The zero-order chi connectivity index (χ0) is 14.9. The average molecular weight is 298 g/mol. The molecule has 110 valence electrons. The summed E-state index contributed by atoms with van der Waals surface area (Å²) in [5.74, 6) is -0.870. The third-order valence-electron chi connectivity index (χ3n) is 2.64. The summed E-state index contributed by atoms with van der Waals surface area (Å²) in [5.41, 5.74) is 0.0316. The van der Waals surface area contributed by atoms with Gasteiger partial charge in [-0.25, -0.2) is 0 Å². The summed E-state index contributed by atoms with van der Waals surface area (Å²) in [6.07, 6.45) is -1.39. The molecule has 0 aliphatic heterocycles. The Morgan fingerprint density at radius 2 is 2.05 bits per heavy atom. The highest BCUT2D eigenvalue weighted by molar-refractivity contribution is 5.44. The van der Waals surface area contributed by atoms with E-state index in [2.05, 4.69) is 30.9 Å². The van der Waals surface area contributed by atoms with E-state index in [0.29, 0.717) is 17.6 Å². The summed E-state index contributed by atoms with van der Waals surface area (Å²) in [5, 5.41) is 20.7. The standard InChI is InChI=1S/C10H9F3N8/c11-10(12,13)9-17-16-8-2-1-7(18-21(8)9)14-3-5-20-6-4-15-19-20/h1-2,4,6H,3,5H2,(H,14,18). The van der Waals surface area contributed by atoms with Crippen molar-refractivity contribution in [2.24, 2.45) is 0 Å². The fourth-order valence-corrected chi connectivity index (χ4v) is 1.71. The monoisotopic (exact) mass is 298 g/mol. The van der Waals surface area contributed by atoms with Gasteiger partial charge in [-0.05, 0) is 12.1 Å². The summed E-state index contributed by atoms with van der Waals surface area (Å²) in [7, 11) is 0. The second kappa shape index (κ2) is 5.00. The van der Waals surface area contributed by atoms with Crippen molar-refractivity contribution in [3.05, 3.63) is 30.4 Å². The molecule has 1 N–H and O–H groups in total. The first-order chi connectivity index (χ1) is 10.0. The number of anilines is 1. The molecule has 0 spiro atoms. The van der Waals surface area contributed by atoms with Gasteiger partial charge in [-0.15, -0.1) is 20.4 Å². The largest absolute Gasteiger partial charge is 0.453 e. The summed E-state index contributed by atoms with van der Waals surface area (Å²) in [6.45, 7) is 0.944. The molecular formula is C10H9F3N8. The van der Waals surface area contributed by atoms with Crippen LogP contribution in [0.1, 0.15) is 5.82 Å². The molecule has 8 nitrogen and oxygen atoms in total. The zero-order valence-electron chi connectivity index (χ0n) is 10.5. The third-order valence-corrected chi connectivity index (χ3v) is 2.64. The molecule has 21 heavy (non-hydrogen) atoms. The van der Waals surface area contributed by atoms with E-state index in [1.54, 1.807) is 10.9 Å². The van der Waals surface area contributed by atoms with Crippen LogP contribution in [0, 0.1) is 0 Å². The first-order valence-corrected chi connectivity index (χ1v) is 5.92. The molecule has 0 amide bonds. The fraction of sp³-hybridized carbons (Fsp3) is 0.300. The van der Waals surface area contributed by atoms with Crippen LogP contribution in [0.15, 0.2) is 24.5 Å². The van der Waals surface area contributed by atoms with Crippen LogP contribution in [-0.2, 0) is 12.7 Å². The Morgan fingerprint density at radius 3 is 2.76 bits per heavy atom. The highest BCUT2D eigenvalue weighted by atomic mass is 19.4. The summed E-state index contributed by atoms with van der Waals surface area (Å²) in [4.78, 5) is 0. The number of rotatable bonds is 4. The van der Waals surface area contributed by atoms with E-state index in [0.717, 1.165) is 0 Å². The van der Waals surface area contributed by atoms with Crippen molar-refractivity contribution in [2.75, 3.05) is 11.9 Å². The average Bonchev–Trinajstić information content (AvgIpc) is 3.05. The molecule has 0 fully saturated rings. The van der Waals surface area contributed by atoms with Crippen molar-refractivity contribution in [2.45, 2.75) is 12.7 Å². The van der Waals surface area contributed by atoms with Crippen LogP contribution in [-0.4, -0.2) is 41.4 Å². The van der Waals surface area contributed by atoms with E-state index in [1.165, 1.54) is 18.3 Å². The Labute approximate surface area is 115 Å². The zero-order valence-corrected chi connectivity index (χ0v) is 10.5. The van der Waals surface area contributed by atoms with Gasteiger partial charge < -0.3 is 5.32 Å². The maximum absolute atomic E-state index is 12.7. The Kier molecular flexibility index (Phi) is 3.16. The summed E-state index contributed by atoms with van der Waals surface area (Å²) < 4.78 is 40.4. The molecule has 3 aromatic heterocycles. The van der Waals surface area contributed by atoms with Crippen molar-refractivity contribution in [3.63, 3.8) is 0 Å². The Morgan fingerprint density at radius 1 is 1.19 bits per heavy atom. The molecule has 0 aliphatic rings. The molecular weight excluding hydrogens is 289 g/mol. The van der Waals surface area contributed by atoms with Crippen LogP contribution in [0.4, 0.5) is 19.0 Å². The molecule has 3 aromatic rings. The van der Waals surface area contributed by atoms with E-state index in [4.69, 9.17) is 0 Å². The normalized spacial score (nSPS) is 12.0. The van der Waals surface area contributed by atoms with Crippen molar-refractivity contribution in [1.82, 2.24) is 34.8 Å². The van der Waals surface area contributed by atoms with Crippen LogP contribution in [0.25, 0.3) is 5.65 Å². The smallest absolute Gasteiger partial charge is 0.367 e. The number of nitrogens with one attached hydrogen (secondary N) is 1. The minimum atomic E-state index is -4.61. The Balaban J connectivity index is 1.77. The molecule has 0 unspecified atom stereocenters. The van der Waals surface area contributed by atoms with Gasteiger partial charge in [0.25, 0.3) is 5.82 Å². The van der Waals surface area contributed by atoms with E-state index < -0.39 is 12.0 Å². The number of hydrogen-bond donors (Lipinski definition) is 1. The Hall–Kier alpha value is -2.72. The topological polar surface area (TPSA) is 85.8 Å². The second-order valence-electron chi connectivity index (χ2n) is 4.10. The minimum Gasteiger partial charge on any atom is -0.367 e. The SMILES string of the molecule is FC(F)(F)c1nnc2ccc(NCCn3ccnn3)nn12. The molecule has 0 atom stereocenters. The lowest BCUT2D eigenvalue weighted by molar-refractivity contribution is -0.146. The molecule has 3 heterocycles. The quantitative estimate of drug-likeness (QED) is 0.768. The van der Waals surface area contributed by atoms with E-state index in [9.17, 15) is 13.2 Å². The van der Waals surface area contributed by atoms with Crippen molar-refractivity contribution in [3.8, 4) is 0 Å². The van der Waals surface area contributed by atoms with E-state index in [1.807, 2.05) is 0 Å². The predicted octanol–water partition coefficient (Wildman–Crippen LogP) is 0.847. The summed E-state index contributed by atoms with van der Waals surface area (Å²) >= 11 is 0. The first kappa shape index (κ1) is 13.3. The number of halogens is 3. The van der Waals surface area contributed by atoms with Gasteiger partial charge in [-0.1, -0.05) is 5.21 Å². The van der Waals surface area contributed by atoms with Gasteiger partial charge in [-0.3, -0.25) is 4.68 Å². The van der Waals surface area contributed by atoms with Crippen LogP contribution < -0.4 is 5.32 Å². The third kappa shape index (κ3) is 2.75. The van der Waals surface area contributed by atoms with Crippen molar-refractivity contribution in [1.29, 1.82) is 0 Å². The summed E-state index contributed by atoms with van der Waals surface area (Å²) in [6, 6.07) is 2.94. The van der Waals surface area contributed by atoms with Gasteiger partial charge in [0.1, 0.15) is 5.82 Å². The predicted molar refractivity (Wildman–Crippen MR) is 64.3 cm³/mol. The van der Waals surface area contributed by atoms with E-state index >= 15 is 0 Å². The molecule has 0 bridgehead atoms. The maximum Gasteiger partial charge on any atom is 0.453 e. The maximum atomic E-state index is 12.7. The number of hydrogen-bond acceptors (Lipinski definition) is 6. The highest BCUT2D eigenvalue weighted by Gasteiger charge is 2.37. The lowest BCUT2D eigenvalue weighted by Crippen LogP contribution is -2.15. The molecule has 0 radical (unpaired) electrons. The lowest BCUT2D eigenvalue weighted by atomic mass is 10.5. The van der Waals surface area contributed by atoms with Crippen LogP contribution in [0.5, 0.6) is 0 Å². The number of alkyl halides is 3. The van der Waals surface area contributed by atoms with E-state index in [-0.39, 0.29) is 11.5 Å². The molecule has 0 aliphatic carbocycles. The van der Waals surface area contributed by atoms with Gasteiger partial charge in [0.05, 0.1) is 12.7 Å². The van der Waals surface area contributed by atoms with Crippen LogP contribution in [0.2, 0.25) is 0 Å².